The first-order valence-corrected chi connectivity index (χ1v) is 10.0. The van der Waals surface area contributed by atoms with Gasteiger partial charge in [0.1, 0.15) is 0 Å². The van der Waals surface area contributed by atoms with Crippen LogP contribution in [0.1, 0.15) is 24.6 Å². The van der Waals surface area contributed by atoms with Crippen LogP contribution in [0.3, 0.4) is 0 Å². The average Bonchev–Trinajstić information content (AvgIpc) is 3.16. The van der Waals surface area contributed by atoms with Crippen molar-refractivity contribution < 1.29 is 4.79 Å². The maximum atomic E-state index is 12.3. The lowest BCUT2D eigenvalue weighted by molar-refractivity contribution is -0.116. The highest BCUT2D eigenvalue weighted by molar-refractivity contribution is 7.09. The standard InChI is InChI=1S/C20H27N3OS/c1-2-22-12-14-23(15-13-22)19-10-4-3-9-18(19)21-20(24)11-5-7-17-8-6-16-25-17/h3-4,6,8-10,16H,2,5,7,11-15H2,1H3,(H,21,24). The molecule has 1 fully saturated rings. The van der Waals surface area contributed by atoms with Crippen molar-refractivity contribution in [1.29, 1.82) is 0 Å². The van der Waals surface area contributed by atoms with Gasteiger partial charge in [-0.25, -0.2) is 0 Å². The number of para-hydroxylation sites is 2. The molecule has 1 amide bonds. The molecule has 1 aromatic heterocycles. The van der Waals surface area contributed by atoms with Crippen molar-refractivity contribution in [3.8, 4) is 0 Å². The van der Waals surface area contributed by atoms with E-state index in [9.17, 15) is 4.79 Å². The van der Waals surface area contributed by atoms with Crippen molar-refractivity contribution in [2.45, 2.75) is 26.2 Å². The first-order chi connectivity index (χ1) is 12.3. The normalized spacial score (nSPS) is 15.3. The van der Waals surface area contributed by atoms with E-state index in [2.05, 4.69) is 45.6 Å². The Morgan fingerprint density at radius 2 is 1.92 bits per heavy atom. The third-order valence-corrected chi connectivity index (χ3v) is 5.68. The number of hydrogen-bond acceptors (Lipinski definition) is 4. The van der Waals surface area contributed by atoms with Crippen LogP contribution in [-0.4, -0.2) is 43.5 Å². The second-order valence-corrected chi connectivity index (χ2v) is 7.45. The van der Waals surface area contributed by atoms with Gasteiger partial charge in [-0.2, -0.15) is 0 Å². The zero-order valence-electron chi connectivity index (χ0n) is 14.9. The molecule has 2 heterocycles. The highest BCUT2D eigenvalue weighted by atomic mass is 32.1. The number of amides is 1. The monoisotopic (exact) mass is 357 g/mol. The maximum Gasteiger partial charge on any atom is 0.224 e. The minimum absolute atomic E-state index is 0.108. The number of benzene rings is 1. The van der Waals surface area contributed by atoms with Crippen LogP contribution >= 0.6 is 11.3 Å². The lowest BCUT2D eigenvalue weighted by atomic mass is 10.2. The zero-order chi connectivity index (χ0) is 17.5. The summed E-state index contributed by atoms with van der Waals surface area (Å²) in [5, 5.41) is 5.21. The molecule has 1 saturated heterocycles. The predicted molar refractivity (Wildman–Crippen MR) is 107 cm³/mol. The summed E-state index contributed by atoms with van der Waals surface area (Å²) in [6, 6.07) is 12.4. The number of piperazine rings is 1. The van der Waals surface area contributed by atoms with Gasteiger partial charge in [0.25, 0.3) is 0 Å². The van der Waals surface area contributed by atoms with E-state index in [1.54, 1.807) is 11.3 Å². The number of rotatable bonds is 7. The zero-order valence-corrected chi connectivity index (χ0v) is 15.7. The van der Waals surface area contributed by atoms with Crippen LogP contribution in [-0.2, 0) is 11.2 Å². The minimum atomic E-state index is 0.108. The van der Waals surface area contributed by atoms with Crippen molar-refractivity contribution in [3.05, 3.63) is 46.7 Å². The fraction of sp³-hybridized carbons (Fsp3) is 0.450. The number of carbonyl (C=O) groups is 1. The van der Waals surface area contributed by atoms with Gasteiger partial charge < -0.3 is 15.1 Å². The van der Waals surface area contributed by atoms with Gasteiger partial charge in [0.05, 0.1) is 11.4 Å². The van der Waals surface area contributed by atoms with E-state index < -0.39 is 0 Å². The SMILES string of the molecule is CCN1CCN(c2ccccc2NC(=O)CCCc2cccs2)CC1. The smallest absolute Gasteiger partial charge is 0.224 e. The van der Waals surface area contributed by atoms with Gasteiger partial charge in [0.15, 0.2) is 0 Å². The van der Waals surface area contributed by atoms with Crippen LogP contribution in [0.2, 0.25) is 0 Å². The molecule has 1 N–H and O–H groups in total. The summed E-state index contributed by atoms with van der Waals surface area (Å²) in [7, 11) is 0. The summed E-state index contributed by atoms with van der Waals surface area (Å²) >= 11 is 1.76. The van der Waals surface area contributed by atoms with Gasteiger partial charge >= 0.3 is 0 Å². The number of nitrogens with one attached hydrogen (secondary N) is 1. The molecule has 0 saturated carbocycles. The third kappa shape index (κ3) is 5.06. The number of aryl methyl sites for hydroxylation is 1. The van der Waals surface area contributed by atoms with Crippen molar-refractivity contribution in [2.75, 3.05) is 42.9 Å². The molecule has 0 unspecified atom stereocenters. The Kier molecular flexibility index (Phi) is 6.48. The summed E-state index contributed by atoms with van der Waals surface area (Å²) in [6.07, 6.45) is 2.44. The summed E-state index contributed by atoms with van der Waals surface area (Å²) in [6.45, 7) is 7.51. The molecule has 25 heavy (non-hydrogen) atoms. The number of hydrogen-bond donors (Lipinski definition) is 1. The molecule has 2 aromatic rings. The molecule has 134 valence electrons. The van der Waals surface area contributed by atoms with E-state index in [1.807, 2.05) is 18.2 Å². The molecule has 1 aliphatic rings. The van der Waals surface area contributed by atoms with E-state index in [1.165, 1.54) is 4.88 Å². The highest BCUT2D eigenvalue weighted by Crippen LogP contribution is 2.27. The Morgan fingerprint density at radius 1 is 1.12 bits per heavy atom. The second kappa shape index (κ2) is 9.02. The Balaban J connectivity index is 1.54. The molecule has 0 bridgehead atoms. The molecule has 0 aliphatic carbocycles. The van der Waals surface area contributed by atoms with Gasteiger partial charge in [-0.15, -0.1) is 11.3 Å². The molecule has 1 aliphatic heterocycles. The van der Waals surface area contributed by atoms with E-state index in [0.717, 1.165) is 56.9 Å². The minimum Gasteiger partial charge on any atom is -0.367 e. The Bertz CT molecular complexity index is 663. The number of nitrogens with zero attached hydrogens (tertiary/aromatic N) is 2. The average molecular weight is 358 g/mol. The van der Waals surface area contributed by atoms with Crippen molar-refractivity contribution in [1.82, 2.24) is 4.90 Å². The number of carbonyl (C=O) groups excluding carboxylic acids is 1. The van der Waals surface area contributed by atoms with Crippen LogP contribution in [0.15, 0.2) is 41.8 Å². The van der Waals surface area contributed by atoms with Crippen molar-refractivity contribution in [3.63, 3.8) is 0 Å². The molecule has 5 heteroatoms. The van der Waals surface area contributed by atoms with Gasteiger partial charge in [0, 0.05) is 37.5 Å². The number of likely N-dealkylation sites (N-methyl/N-ethyl adjacent to an activating group) is 1. The van der Waals surface area contributed by atoms with E-state index in [4.69, 9.17) is 0 Å². The molecule has 4 nitrogen and oxygen atoms in total. The van der Waals surface area contributed by atoms with Gasteiger partial charge in [-0.3, -0.25) is 4.79 Å². The van der Waals surface area contributed by atoms with Crippen LogP contribution < -0.4 is 10.2 Å². The predicted octanol–water partition coefficient (Wildman–Crippen LogP) is 3.85. The molecule has 1 aromatic carbocycles. The molecule has 3 rings (SSSR count). The number of thiophene rings is 1. The molecule has 0 radical (unpaired) electrons. The fourth-order valence-electron chi connectivity index (χ4n) is 3.25. The molecular weight excluding hydrogens is 330 g/mol. The van der Waals surface area contributed by atoms with E-state index in [-0.39, 0.29) is 5.91 Å². The topological polar surface area (TPSA) is 35.6 Å². The first-order valence-electron chi connectivity index (χ1n) is 9.15. The van der Waals surface area contributed by atoms with Crippen LogP contribution in [0, 0.1) is 0 Å². The lowest BCUT2D eigenvalue weighted by Crippen LogP contribution is -2.46. The van der Waals surface area contributed by atoms with Gasteiger partial charge in [-0.05, 0) is 43.0 Å². The third-order valence-electron chi connectivity index (χ3n) is 4.75. The fourth-order valence-corrected chi connectivity index (χ4v) is 4.00. The number of anilines is 2. The van der Waals surface area contributed by atoms with Crippen LogP contribution in [0.5, 0.6) is 0 Å². The van der Waals surface area contributed by atoms with Crippen molar-refractivity contribution >= 4 is 28.6 Å². The van der Waals surface area contributed by atoms with Crippen molar-refractivity contribution in [2.24, 2.45) is 0 Å². The Labute approximate surface area is 154 Å². The Hall–Kier alpha value is -1.85. The largest absolute Gasteiger partial charge is 0.367 e. The van der Waals surface area contributed by atoms with Gasteiger partial charge in [-0.1, -0.05) is 25.1 Å². The van der Waals surface area contributed by atoms with Gasteiger partial charge in [0.2, 0.25) is 5.91 Å². The highest BCUT2D eigenvalue weighted by Gasteiger charge is 2.18. The summed E-state index contributed by atoms with van der Waals surface area (Å²) in [5.74, 6) is 0.108. The lowest BCUT2D eigenvalue weighted by Gasteiger charge is -2.36. The van der Waals surface area contributed by atoms with Crippen LogP contribution in [0.25, 0.3) is 0 Å². The van der Waals surface area contributed by atoms with Crippen LogP contribution in [0.4, 0.5) is 11.4 Å². The maximum absolute atomic E-state index is 12.3. The summed E-state index contributed by atoms with van der Waals surface area (Å²) in [4.78, 5) is 18.5. The molecular formula is C20H27N3OS. The first kappa shape index (κ1) is 18.0. The molecule has 0 spiro atoms. The molecule has 0 atom stereocenters. The van der Waals surface area contributed by atoms with E-state index >= 15 is 0 Å². The summed E-state index contributed by atoms with van der Waals surface area (Å²) < 4.78 is 0. The quantitative estimate of drug-likeness (QED) is 0.817. The summed E-state index contributed by atoms with van der Waals surface area (Å²) in [5.41, 5.74) is 2.08. The Morgan fingerprint density at radius 3 is 2.64 bits per heavy atom. The second-order valence-electron chi connectivity index (χ2n) is 6.42. The van der Waals surface area contributed by atoms with E-state index in [0.29, 0.717) is 6.42 Å².